The third-order valence-corrected chi connectivity index (χ3v) is 24.0. The van der Waals surface area contributed by atoms with Crippen LogP contribution in [0.5, 0.6) is 23.0 Å². The molecule has 0 amide bonds. The van der Waals surface area contributed by atoms with Crippen LogP contribution in [0.25, 0.3) is 10.4 Å². The van der Waals surface area contributed by atoms with Crippen LogP contribution in [-0.2, 0) is 75.8 Å². The molecule has 0 saturated carbocycles. The second-order valence-corrected chi connectivity index (χ2v) is 34.4. The summed E-state index contributed by atoms with van der Waals surface area (Å²) in [6.07, 6.45) is 4.94. The number of anilines is 4. The summed E-state index contributed by atoms with van der Waals surface area (Å²) in [6.45, 7) is 21.7. The van der Waals surface area contributed by atoms with Crippen molar-refractivity contribution >= 4 is 117 Å². The number of halogens is 2. The van der Waals surface area contributed by atoms with Crippen molar-refractivity contribution < 1.29 is 81.6 Å². The van der Waals surface area contributed by atoms with E-state index in [0.717, 1.165) is 77.2 Å². The fraction of sp³-hybridized carbons (Fsp3) is 0.368. The molecule has 2 aliphatic rings. The number of Topliss-reactive ketones (excluding diaryl/α,β-unsaturated/α-hetero) is 3. The lowest BCUT2D eigenvalue weighted by Crippen LogP contribution is -2.42. The molecule has 0 bridgehead atoms. The van der Waals surface area contributed by atoms with Crippen molar-refractivity contribution in [2.45, 2.75) is 138 Å². The monoisotopic (exact) mass is 1640 g/mol. The van der Waals surface area contributed by atoms with Gasteiger partial charge in [-0.1, -0.05) is 100 Å². The Labute approximate surface area is 641 Å². The Balaban J connectivity index is 0.000000252. The lowest BCUT2D eigenvalue weighted by molar-refractivity contribution is -0.117. The lowest BCUT2D eigenvalue weighted by Gasteiger charge is -2.37. The van der Waals surface area contributed by atoms with E-state index in [4.69, 9.17) is 49.2 Å². The number of thiazole rings is 1. The standard InChI is InChI=1S/C26H33N3O4S2.C17H18BrNO4S.C17H19NO4S.C10H11ClO4S.C4H8O.C2H6O/c1-17-8-6-7-9-21(17)29-35(30,31)23-16-19(10-11-22(23)32-5)24-18(2)27-25(34-24)28-26(3,4)20-12-14-33-15-13-20;1-11-6-4-5-7-14(11)19-24(21,22)16-10-13(17(18)12(2)20)8-9-15(16)23-3;1-12-6-4-5-7-15(12)18-23(20,21)17-11-14(10-13(2)19)8-9-16(17)22-3;1-7(12)5-8-3-4-9(15-2)10(6-8)16(11,13)14;1-2-4-5-3-1;1-2-3/h6-11,16,20,29H,12-15H2,1-5H3,(H,27,28);4-10,17,19H,1-3H3;4-9,11,18H,10H2,1-3H3;3-4,6H,5H2,1-2H3;1-4H2;3H,2H2,1H3. The molecule has 7 aromatic carbocycles. The van der Waals surface area contributed by atoms with Gasteiger partial charge in [0.15, 0.2) is 5.13 Å². The normalized spacial score (nSPS) is 13.2. The molecular weight excluding hydrogens is 1550 g/mol. The first-order valence-electron chi connectivity index (χ1n) is 33.5. The number of carbonyl (C=O) groups is 3. The van der Waals surface area contributed by atoms with Gasteiger partial charge in [-0.05, 0) is 213 Å². The summed E-state index contributed by atoms with van der Waals surface area (Å²) in [5.41, 5.74) is 7.26. The first-order chi connectivity index (χ1) is 49.9. The Hall–Kier alpha value is -7.97. The lowest BCUT2D eigenvalue weighted by atomic mass is 9.82. The first kappa shape index (κ1) is 88.7. The molecule has 30 heteroatoms. The topological polar surface area (TPSA) is 324 Å². The Morgan fingerprint density at radius 3 is 1.31 bits per heavy atom. The van der Waals surface area contributed by atoms with Gasteiger partial charge < -0.3 is 38.8 Å². The van der Waals surface area contributed by atoms with Crippen molar-refractivity contribution in [1.82, 2.24) is 4.98 Å². The molecule has 23 nitrogen and oxygen atoms in total. The molecule has 10 rings (SSSR count). The van der Waals surface area contributed by atoms with Crippen molar-refractivity contribution in [3.05, 3.63) is 185 Å². The maximum atomic E-state index is 13.3. The van der Waals surface area contributed by atoms with Gasteiger partial charge in [-0.15, -0.1) is 0 Å². The van der Waals surface area contributed by atoms with Crippen LogP contribution < -0.4 is 38.4 Å². The molecule has 1 atom stereocenters. The van der Waals surface area contributed by atoms with Crippen molar-refractivity contribution in [2.24, 2.45) is 5.92 Å². The quantitative estimate of drug-likeness (QED) is 0.0277. The molecule has 2 saturated heterocycles. The highest BCUT2D eigenvalue weighted by molar-refractivity contribution is 9.09. The molecule has 0 radical (unpaired) electrons. The number of hydrogen-bond donors (Lipinski definition) is 5. The van der Waals surface area contributed by atoms with Gasteiger partial charge in [-0.2, -0.15) is 0 Å². The van der Waals surface area contributed by atoms with Crippen molar-refractivity contribution in [1.29, 1.82) is 0 Å². The van der Waals surface area contributed by atoms with Crippen molar-refractivity contribution in [3.8, 4) is 33.4 Å². The van der Waals surface area contributed by atoms with Crippen LogP contribution in [0.3, 0.4) is 0 Å². The van der Waals surface area contributed by atoms with Gasteiger partial charge in [0.25, 0.3) is 39.1 Å². The summed E-state index contributed by atoms with van der Waals surface area (Å²) in [5.74, 6) is 1.19. The second-order valence-electron chi connectivity index (χ2n) is 25.0. The minimum absolute atomic E-state index is 0.0157. The van der Waals surface area contributed by atoms with E-state index in [-0.39, 0.29) is 84.9 Å². The highest BCUT2D eigenvalue weighted by atomic mass is 79.9. The van der Waals surface area contributed by atoms with Crippen molar-refractivity contribution in [2.75, 3.05) is 81.0 Å². The molecule has 3 heterocycles. The number of carbonyl (C=O) groups excluding carboxylic acids is 3. The predicted molar refractivity (Wildman–Crippen MR) is 422 cm³/mol. The van der Waals surface area contributed by atoms with Crippen LogP contribution in [0.4, 0.5) is 22.2 Å². The zero-order valence-electron chi connectivity index (χ0n) is 61.9. The minimum atomic E-state index is -3.88. The second kappa shape index (κ2) is 41.4. The van der Waals surface area contributed by atoms with E-state index in [9.17, 15) is 48.1 Å². The zero-order chi connectivity index (χ0) is 78.7. The van der Waals surface area contributed by atoms with E-state index in [2.05, 4.69) is 49.3 Å². The molecule has 106 heavy (non-hydrogen) atoms. The van der Waals surface area contributed by atoms with Crippen LogP contribution >= 0.6 is 37.9 Å². The molecule has 576 valence electrons. The number of hydrogen-bond acceptors (Lipinski definition) is 21. The van der Waals surface area contributed by atoms with Gasteiger partial charge in [-0.25, -0.2) is 38.7 Å². The summed E-state index contributed by atoms with van der Waals surface area (Å²) in [4.78, 5) is 38.8. The number of nitrogens with one attached hydrogen (secondary N) is 4. The van der Waals surface area contributed by atoms with E-state index >= 15 is 0 Å². The Morgan fingerprint density at radius 2 is 0.934 bits per heavy atom. The summed E-state index contributed by atoms with van der Waals surface area (Å²) in [6, 6.07) is 40.5. The third kappa shape index (κ3) is 26.8. The number of aliphatic hydroxyl groups is 1. The van der Waals surface area contributed by atoms with Crippen LogP contribution in [-0.4, -0.2) is 128 Å². The summed E-state index contributed by atoms with van der Waals surface area (Å²) < 4.78 is 139. The smallest absolute Gasteiger partial charge is 0.265 e. The Morgan fingerprint density at radius 1 is 0.566 bits per heavy atom. The number of aromatic nitrogens is 1. The summed E-state index contributed by atoms with van der Waals surface area (Å²) in [5, 5.41) is 12.0. The molecule has 0 aliphatic carbocycles. The molecular formula is C76H95BrClN5O18S5. The van der Waals surface area contributed by atoms with Gasteiger partial charge in [0.2, 0.25) is 0 Å². The number of ketones is 3. The fourth-order valence-corrected chi connectivity index (χ4v) is 17.1. The average Bonchev–Trinajstić information content (AvgIpc) is 1.31. The van der Waals surface area contributed by atoms with Crippen LogP contribution in [0.1, 0.15) is 111 Å². The molecule has 0 spiro atoms. The van der Waals surface area contributed by atoms with E-state index in [0.29, 0.717) is 39.7 Å². The number of methoxy groups -OCH3 is 4. The van der Waals surface area contributed by atoms with Crippen LogP contribution in [0.15, 0.2) is 165 Å². The molecule has 2 fully saturated rings. The first-order valence-corrected chi connectivity index (χ1v) is 42.0. The number of rotatable bonds is 24. The molecule has 1 aromatic heterocycles. The number of aliphatic hydroxyl groups excluding tert-OH is 1. The SMILES string of the molecule is C1CCOC1.CCO.COc1ccc(-c2sc(NC(C)(C)C3CCOCC3)nc2C)cc1S(=O)(=O)Nc1ccccc1C.COc1ccc(C(Br)C(C)=O)cc1S(=O)(=O)Nc1ccccc1C.COc1ccc(CC(C)=O)cc1S(=O)(=O)Cl.COc1ccc(CC(C)=O)cc1S(=O)(=O)Nc1ccccc1C. The van der Waals surface area contributed by atoms with Gasteiger partial charge in [0, 0.05) is 62.1 Å². The van der Waals surface area contributed by atoms with E-state index in [1.807, 2.05) is 70.2 Å². The van der Waals surface area contributed by atoms with Gasteiger partial charge in [0.05, 0.1) is 60.9 Å². The van der Waals surface area contributed by atoms with Crippen LogP contribution in [0, 0.1) is 33.6 Å². The summed E-state index contributed by atoms with van der Waals surface area (Å²) >= 11 is 4.80. The van der Waals surface area contributed by atoms with Crippen molar-refractivity contribution in [3.63, 3.8) is 0 Å². The largest absolute Gasteiger partial charge is 0.495 e. The molecule has 5 N–H and O–H groups in total. The number of alkyl halides is 1. The van der Waals surface area contributed by atoms with Gasteiger partial charge in [0.1, 0.15) is 59.9 Å². The Kier molecular flexibility index (Phi) is 34.6. The maximum Gasteiger partial charge on any atom is 0.265 e. The number of benzene rings is 7. The number of nitrogens with zero attached hydrogens (tertiary/aromatic N) is 1. The fourth-order valence-electron chi connectivity index (χ4n) is 10.6. The average molecular weight is 1640 g/mol. The highest BCUT2D eigenvalue weighted by Crippen LogP contribution is 2.40. The maximum absolute atomic E-state index is 13.3. The van der Waals surface area contributed by atoms with Gasteiger partial charge >= 0.3 is 0 Å². The predicted octanol–water partition coefficient (Wildman–Crippen LogP) is 15.2. The van der Waals surface area contributed by atoms with Crippen LogP contribution in [0.2, 0.25) is 0 Å². The molecule has 1 unspecified atom stereocenters. The number of aryl methyl sites for hydroxylation is 4. The summed E-state index contributed by atoms with van der Waals surface area (Å²) in [7, 11) is -4.54. The van der Waals surface area contributed by atoms with E-state index in [1.54, 1.807) is 85.8 Å². The van der Waals surface area contributed by atoms with E-state index < -0.39 is 43.9 Å². The number of ether oxygens (including phenoxy) is 6. The number of sulfonamides is 3. The third-order valence-electron chi connectivity index (χ3n) is 16.2. The van der Waals surface area contributed by atoms with Gasteiger partial charge in [-0.3, -0.25) is 28.5 Å². The molecule has 8 aromatic rings. The number of para-hydroxylation sites is 3. The highest BCUT2D eigenvalue weighted by Gasteiger charge is 2.33. The zero-order valence-corrected chi connectivity index (χ0v) is 68.3. The Bertz CT molecular complexity index is 4750. The molecule has 2 aliphatic heterocycles. The minimum Gasteiger partial charge on any atom is -0.495 e. The van der Waals surface area contributed by atoms with E-state index in [1.165, 1.54) is 97.7 Å².